The molecule has 2 amide bonds. The summed E-state index contributed by atoms with van der Waals surface area (Å²) in [5, 5.41) is 8.27. The number of carbonyl (C=O) groups excluding carboxylic acids is 3. The van der Waals surface area contributed by atoms with E-state index >= 15 is 0 Å². The summed E-state index contributed by atoms with van der Waals surface area (Å²) < 4.78 is 182. The Hall–Kier alpha value is -6.71. The van der Waals surface area contributed by atoms with Crippen LogP contribution in [-0.2, 0) is 89.3 Å². The van der Waals surface area contributed by atoms with Crippen LogP contribution in [0.1, 0.15) is 97.1 Å². The number of hydrogen-bond acceptors (Lipinski definition) is 20. The molecule has 100 heavy (non-hydrogen) atoms. The zero-order valence-corrected chi connectivity index (χ0v) is 60.6. The average molecular weight is 1490 g/mol. The molecule has 7 rings (SSSR count). The van der Waals surface area contributed by atoms with E-state index in [9.17, 15) is 66.3 Å². The molecule has 5 aromatic carbocycles. The Kier molecular flexibility index (Phi) is 30.6. The lowest BCUT2D eigenvalue weighted by atomic mass is 9.75. The zero-order chi connectivity index (χ0) is 72.6. The molecule has 26 nitrogen and oxygen atoms in total. The second-order valence-corrected chi connectivity index (χ2v) is 32.2. The van der Waals surface area contributed by atoms with Crippen LogP contribution < -0.4 is 31.4 Å². The normalized spacial score (nSPS) is 16.8. The molecule has 2 unspecified atom stereocenters. The van der Waals surface area contributed by atoms with Gasteiger partial charge in [-0.2, -0.15) is 29.8 Å². The van der Waals surface area contributed by atoms with Crippen LogP contribution in [0.25, 0.3) is 0 Å². The topological polar surface area (TPSA) is 366 Å². The van der Waals surface area contributed by atoms with Gasteiger partial charge in [0.25, 0.3) is 36.3 Å². The number of amides is 2. The van der Waals surface area contributed by atoms with E-state index in [2.05, 4.69) is 10.6 Å². The summed E-state index contributed by atoms with van der Waals surface area (Å²) in [7, 11) is -17.1. The molecule has 0 saturated carbocycles. The maximum atomic E-state index is 13.7. The number of rotatable bonds is 44. The van der Waals surface area contributed by atoms with Crippen molar-refractivity contribution in [2.24, 2.45) is 0 Å². The summed E-state index contributed by atoms with van der Waals surface area (Å²) in [5.41, 5.74) is 0.988. The molecule has 5 N–H and O–H groups in total. The molecular weight excluding hydrogens is 1400 g/mol. The number of carbonyl (C=O) groups is 3. The molecular formula is C69H89N4O22PS4. The van der Waals surface area contributed by atoms with Gasteiger partial charge in [0.15, 0.2) is 12.3 Å². The van der Waals surface area contributed by atoms with Crippen LogP contribution in [-0.4, -0.2) is 205 Å². The number of esters is 1. The number of ether oxygens (including phenoxy) is 7. The van der Waals surface area contributed by atoms with Gasteiger partial charge in [0.2, 0.25) is 11.6 Å². The van der Waals surface area contributed by atoms with Crippen LogP contribution in [0.15, 0.2) is 149 Å². The summed E-state index contributed by atoms with van der Waals surface area (Å²) >= 11 is 0. The first kappa shape index (κ1) is 80.6. The van der Waals surface area contributed by atoms with E-state index in [1.54, 1.807) is 57.4 Å². The van der Waals surface area contributed by atoms with E-state index in [1.165, 1.54) is 43.5 Å². The fourth-order valence-corrected chi connectivity index (χ4v) is 16.6. The molecule has 0 fully saturated rings. The molecule has 0 aliphatic carbocycles. The minimum atomic E-state index is -5.02. The van der Waals surface area contributed by atoms with Gasteiger partial charge in [-0.1, -0.05) is 73.2 Å². The molecule has 2 aliphatic heterocycles. The number of unbranched alkanes of at least 4 members (excludes halogenated alkanes) is 2. The second-order valence-electron chi connectivity index (χ2n) is 24.0. The van der Waals surface area contributed by atoms with Crippen LogP contribution in [0, 0.1) is 0 Å². The largest absolute Gasteiger partial charge is 0.744 e. The fraction of sp³-hybridized carbons (Fsp3) is 0.449. The molecule has 2 heterocycles. The van der Waals surface area contributed by atoms with Gasteiger partial charge >= 0.3 is 5.97 Å². The van der Waals surface area contributed by atoms with Crippen molar-refractivity contribution in [1.82, 2.24) is 10.6 Å². The third-order valence-electron chi connectivity index (χ3n) is 17.0. The van der Waals surface area contributed by atoms with Crippen molar-refractivity contribution >= 4 is 99.2 Å². The van der Waals surface area contributed by atoms with Crippen molar-refractivity contribution < 1.29 is 104 Å². The molecule has 0 saturated heterocycles. The van der Waals surface area contributed by atoms with Crippen molar-refractivity contribution in [2.75, 3.05) is 129 Å². The van der Waals surface area contributed by atoms with Crippen molar-refractivity contribution in [3.8, 4) is 0 Å². The van der Waals surface area contributed by atoms with Gasteiger partial charge < -0.3 is 53.2 Å². The van der Waals surface area contributed by atoms with E-state index < -0.39 is 92.4 Å². The summed E-state index contributed by atoms with van der Waals surface area (Å²) in [6.45, 7) is 7.72. The van der Waals surface area contributed by atoms with Gasteiger partial charge in [0.1, 0.15) is 16.7 Å². The number of benzene rings is 5. The van der Waals surface area contributed by atoms with Crippen LogP contribution in [0.2, 0.25) is 0 Å². The number of hydrogen-bond donors (Lipinski definition) is 5. The summed E-state index contributed by atoms with van der Waals surface area (Å²) in [6, 6.07) is 32.2. The minimum absolute atomic E-state index is 0.0147. The van der Waals surface area contributed by atoms with Gasteiger partial charge in [-0.3, -0.25) is 23.2 Å². The molecule has 0 radical (unpaired) electrons. The number of nitrogens with one attached hydrogen (secondary N) is 2. The van der Waals surface area contributed by atoms with Crippen LogP contribution in [0.3, 0.4) is 0 Å². The van der Waals surface area contributed by atoms with E-state index in [4.69, 9.17) is 33.2 Å². The summed E-state index contributed by atoms with van der Waals surface area (Å²) in [4.78, 5) is 41.0. The quantitative estimate of drug-likeness (QED) is 0.00962. The Morgan fingerprint density at radius 3 is 1.69 bits per heavy atom. The monoisotopic (exact) mass is 1480 g/mol. The number of anilines is 1. The van der Waals surface area contributed by atoms with Crippen molar-refractivity contribution in [2.45, 2.75) is 85.8 Å². The number of nitrogens with zero attached hydrogens (tertiary/aromatic N) is 2. The first-order valence-corrected chi connectivity index (χ1v) is 40.0. The van der Waals surface area contributed by atoms with Crippen molar-refractivity contribution in [1.29, 1.82) is 0 Å². The van der Waals surface area contributed by atoms with Crippen LogP contribution in [0.5, 0.6) is 0 Å². The Bertz CT molecular complexity index is 4130. The second kappa shape index (κ2) is 38.0. The molecule has 0 bridgehead atoms. The van der Waals surface area contributed by atoms with Crippen molar-refractivity contribution in [3.05, 3.63) is 161 Å². The third kappa shape index (κ3) is 23.4. The number of methoxy groups -OCH3 is 2. The molecule has 2 aliphatic rings. The fourth-order valence-electron chi connectivity index (χ4n) is 12.1. The lowest BCUT2D eigenvalue weighted by molar-refractivity contribution is -0.442. The number of allylic oxidation sites excluding steroid dienone is 4. The van der Waals surface area contributed by atoms with Crippen LogP contribution >= 0.6 is 7.92 Å². The van der Waals surface area contributed by atoms with Gasteiger partial charge in [0, 0.05) is 78.5 Å². The van der Waals surface area contributed by atoms with Gasteiger partial charge in [-0.15, -0.1) is 0 Å². The molecule has 546 valence electrons. The Morgan fingerprint density at radius 1 is 0.600 bits per heavy atom. The van der Waals surface area contributed by atoms with E-state index in [-0.39, 0.29) is 90.6 Å². The highest BCUT2D eigenvalue weighted by molar-refractivity contribution is 7.86. The SMILES string of the molecule is COCCOCCOCCOCCOCCOCC[N+]1=C(/C=C/C=C2/N(CCCCCC(=O)NCCNC(=O)c3ccc(C(=O)OC)c(P(c4ccccc4)c4ccccc4)c3)c3ccc(S(=O)(=O)[O-])cc3C2(C)CCCS(=O)(=O)O)C(C)(CCCS(=O)(=O)O)c2cc(S(=O)(=O)O)ccc21. The predicted octanol–water partition coefficient (Wildman–Crippen LogP) is 6.13. The Labute approximate surface area is 587 Å². The highest BCUT2D eigenvalue weighted by atomic mass is 32.2. The first-order valence-electron chi connectivity index (χ1n) is 32.6. The van der Waals surface area contributed by atoms with Gasteiger partial charge in [-0.05, 0) is 131 Å². The Balaban J connectivity index is 1.07. The summed E-state index contributed by atoms with van der Waals surface area (Å²) in [6.07, 6.45) is 6.44. The van der Waals surface area contributed by atoms with Crippen molar-refractivity contribution in [3.63, 3.8) is 0 Å². The van der Waals surface area contributed by atoms with Crippen LogP contribution in [0.4, 0.5) is 11.4 Å². The molecule has 31 heteroatoms. The maximum Gasteiger partial charge on any atom is 0.338 e. The summed E-state index contributed by atoms with van der Waals surface area (Å²) in [5.74, 6) is -2.54. The lowest BCUT2D eigenvalue weighted by Gasteiger charge is -2.30. The Morgan fingerprint density at radius 2 is 1.14 bits per heavy atom. The average Bonchev–Trinajstić information content (AvgIpc) is 1.57. The van der Waals surface area contributed by atoms with E-state index in [0.29, 0.717) is 116 Å². The molecule has 2 atom stereocenters. The highest BCUT2D eigenvalue weighted by Gasteiger charge is 2.49. The third-order valence-corrected chi connectivity index (χ3v) is 22.8. The maximum absolute atomic E-state index is 13.7. The first-order chi connectivity index (χ1) is 47.6. The highest BCUT2D eigenvalue weighted by Crippen LogP contribution is 2.52. The smallest absolute Gasteiger partial charge is 0.338 e. The lowest BCUT2D eigenvalue weighted by Crippen LogP contribution is -2.35. The molecule has 0 spiro atoms. The van der Waals surface area contributed by atoms with E-state index in [1.807, 2.05) is 70.1 Å². The van der Waals surface area contributed by atoms with E-state index in [0.717, 1.165) is 10.6 Å². The van der Waals surface area contributed by atoms with Gasteiger partial charge in [0.05, 0.1) is 105 Å². The molecule has 5 aromatic rings. The predicted molar refractivity (Wildman–Crippen MR) is 377 cm³/mol. The number of fused-ring (bicyclic) bond motifs is 2. The molecule has 0 aromatic heterocycles. The standard InChI is InChI=1S/C69H89N4O22PS4/c1-68(30-15-47-97(77,78)79)58-50-55(99(83,84)85)25-28-60(58)72(34-13-7-12-23-65(74)70-32-33-71-66(75)52-24-27-57(67(76)90-4)62(49-52)96(53-17-8-5-9-18-53)54-19-10-6-11-20-54)63(68)21-14-22-64-69(2,31-16-48-98(80,81)82)59-51-56(100(86,87)88)26-29-61(59)73(64)35-36-91-39-40-93-43-44-95-46-45-94-42-41-92-38-37-89-3/h5-6,8-11,14,17-22,24-29,49-51H,7,12-13,15-16,23,30-48H2,1-4H3,(H5-,70,71,74,75,77,78,79,80,81,82,83,84,85,86,87,88). The zero-order valence-electron chi connectivity index (χ0n) is 56.5. The van der Waals surface area contributed by atoms with Gasteiger partial charge in [-0.25, -0.2) is 13.2 Å². The minimum Gasteiger partial charge on any atom is -0.744 e.